The lowest BCUT2D eigenvalue weighted by atomic mass is 10.1. The van der Waals surface area contributed by atoms with E-state index in [0.29, 0.717) is 19.8 Å². The summed E-state index contributed by atoms with van der Waals surface area (Å²) < 4.78 is 12.0. The molecule has 0 saturated carbocycles. The Balaban J connectivity index is 2.16. The van der Waals surface area contributed by atoms with E-state index in [2.05, 4.69) is 36.5 Å². The van der Waals surface area contributed by atoms with E-state index in [1.165, 1.54) is 20.5 Å². The Labute approximate surface area is 118 Å². The van der Waals surface area contributed by atoms with Crippen LogP contribution in [-0.2, 0) is 22.6 Å². The van der Waals surface area contributed by atoms with Crippen molar-refractivity contribution in [3.8, 4) is 0 Å². The molecule has 1 N–H and O–H groups in total. The Kier molecular flexibility index (Phi) is 5.79. The molecule has 0 aliphatic heterocycles. The van der Waals surface area contributed by atoms with Crippen molar-refractivity contribution in [3.05, 3.63) is 34.7 Å². The summed E-state index contributed by atoms with van der Waals surface area (Å²) >= 11 is 1.85. The average Bonchev–Trinajstić information content (AvgIpc) is 2.79. The molecule has 0 saturated heterocycles. The molecule has 104 valence electrons. The van der Waals surface area contributed by atoms with Gasteiger partial charge in [0.05, 0.1) is 19.8 Å². The van der Waals surface area contributed by atoms with Crippen molar-refractivity contribution < 1.29 is 9.47 Å². The Bertz CT molecular complexity index is 510. The highest BCUT2D eigenvalue weighted by Gasteiger charge is 2.11. The van der Waals surface area contributed by atoms with Crippen LogP contribution < -0.4 is 5.32 Å². The molecule has 1 heterocycles. The van der Waals surface area contributed by atoms with Gasteiger partial charge in [-0.15, -0.1) is 11.3 Å². The zero-order chi connectivity index (χ0) is 13.5. The highest BCUT2D eigenvalue weighted by Crippen LogP contribution is 2.31. The Morgan fingerprint density at radius 3 is 2.84 bits per heavy atom. The standard InChI is InChI=1S/C15H21NO2S/c1-3-16-10-15-13(11-18-9-8-17-2)12-6-4-5-7-14(12)19-15/h4-7,16H,3,8-11H2,1-2H3. The summed E-state index contributed by atoms with van der Waals surface area (Å²) in [6, 6.07) is 8.53. The molecule has 1 aromatic carbocycles. The molecule has 0 unspecified atom stereocenters. The van der Waals surface area contributed by atoms with E-state index in [4.69, 9.17) is 9.47 Å². The molecule has 0 aliphatic carbocycles. The number of methoxy groups -OCH3 is 1. The van der Waals surface area contributed by atoms with Crippen molar-refractivity contribution in [1.82, 2.24) is 5.32 Å². The SMILES string of the molecule is CCNCc1sc2ccccc2c1COCCOC. The van der Waals surface area contributed by atoms with Gasteiger partial charge >= 0.3 is 0 Å². The van der Waals surface area contributed by atoms with Gasteiger partial charge in [0.2, 0.25) is 0 Å². The average molecular weight is 279 g/mol. The maximum atomic E-state index is 5.70. The number of fused-ring (bicyclic) bond motifs is 1. The fourth-order valence-corrected chi connectivity index (χ4v) is 3.19. The first-order valence-corrected chi connectivity index (χ1v) is 7.45. The maximum Gasteiger partial charge on any atom is 0.0735 e. The van der Waals surface area contributed by atoms with Gasteiger partial charge in [0, 0.05) is 28.8 Å². The van der Waals surface area contributed by atoms with Crippen molar-refractivity contribution in [2.75, 3.05) is 26.9 Å². The van der Waals surface area contributed by atoms with Gasteiger partial charge in [0.25, 0.3) is 0 Å². The predicted octanol–water partition coefficient (Wildman–Crippen LogP) is 3.17. The smallest absolute Gasteiger partial charge is 0.0735 e. The minimum Gasteiger partial charge on any atom is -0.382 e. The van der Waals surface area contributed by atoms with Crippen molar-refractivity contribution in [3.63, 3.8) is 0 Å². The number of hydrogen-bond donors (Lipinski definition) is 1. The van der Waals surface area contributed by atoms with Gasteiger partial charge in [0.15, 0.2) is 0 Å². The van der Waals surface area contributed by atoms with Gasteiger partial charge in [0.1, 0.15) is 0 Å². The number of hydrogen-bond acceptors (Lipinski definition) is 4. The molecule has 19 heavy (non-hydrogen) atoms. The molecule has 0 fully saturated rings. The number of rotatable bonds is 8. The third-order valence-electron chi connectivity index (χ3n) is 3.00. The molecule has 4 heteroatoms. The normalized spacial score (nSPS) is 11.3. The van der Waals surface area contributed by atoms with Crippen LogP contribution in [0.25, 0.3) is 10.1 Å². The van der Waals surface area contributed by atoms with E-state index in [0.717, 1.165) is 13.1 Å². The highest BCUT2D eigenvalue weighted by molar-refractivity contribution is 7.19. The van der Waals surface area contributed by atoms with E-state index in [-0.39, 0.29) is 0 Å². The van der Waals surface area contributed by atoms with E-state index in [1.807, 2.05) is 11.3 Å². The maximum absolute atomic E-state index is 5.70. The van der Waals surface area contributed by atoms with E-state index < -0.39 is 0 Å². The molecule has 2 aromatic rings. The van der Waals surface area contributed by atoms with Crippen molar-refractivity contribution in [2.45, 2.75) is 20.1 Å². The zero-order valence-corrected chi connectivity index (χ0v) is 12.4. The molecule has 0 amide bonds. The summed E-state index contributed by atoms with van der Waals surface area (Å²) in [5.41, 5.74) is 1.32. The van der Waals surface area contributed by atoms with Crippen molar-refractivity contribution in [1.29, 1.82) is 0 Å². The van der Waals surface area contributed by atoms with Crippen LogP contribution in [0, 0.1) is 0 Å². The third kappa shape index (κ3) is 3.76. The first-order chi connectivity index (χ1) is 9.36. The topological polar surface area (TPSA) is 30.5 Å². The molecular weight excluding hydrogens is 258 g/mol. The van der Waals surface area contributed by atoms with Crippen LogP contribution in [0.15, 0.2) is 24.3 Å². The summed E-state index contributed by atoms with van der Waals surface area (Å²) in [5, 5.41) is 4.72. The third-order valence-corrected chi connectivity index (χ3v) is 4.21. The summed E-state index contributed by atoms with van der Waals surface area (Å²) in [4.78, 5) is 1.38. The van der Waals surface area contributed by atoms with Gasteiger partial charge in [-0.3, -0.25) is 0 Å². The van der Waals surface area contributed by atoms with E-state index in [9.17, 15) is 0 Å². The number of ether oxygens (including phenoxy) is 2. The van der Waals surface area contributed by atoms with Crippen molar-refractivity contribution in [2.24, 2.45) is 0 Å². The first kappa shape index (κ1) is 14.5. The Hall–Kier alpha value is -0.940. The van der Waals surface area contributed by atoms with Gasteiger partial charge in [-0.1, -0.05) is 25.1 Å². The molecule has 1 aromatic heterocycles. The lowest BCUT2D eigenvalue weighted by Crippen LogP contribution is -2.12. The Morgan fingerprint density at radius 1 is 1.21 bits per heavy atom. The van der Waals surface area contributed by atoms with Gasteiger partial charge in [-0.05, 0) is 18.0 Å². The van der Waals surface area contributed by atoms with Crippen LogP contribution in [0.2, 0.25) is 0 Å². The van der Waals surface area contributed by atoms with Crippen LogP contribution in [-0.4, -0.2) is 26.9 Å². The summed E-state index contributed by atoms with van der Waals surface area (Å²) in [6.45, 7) is 5.97. The molecule has 0 radical (unpaired) electrons. The minimum atomic E-state index is 0.640. The number of thiophene rings is 1. The second-order valence-electron chi connectivity index (χ2n) is 4.33. The monoisotopic (exact) mass is 279 g/mol. The fraction of sp³-hybridized carbons (Fsp3) is 0.467. The van der Waals surface area contributed by atoms with Gasteiger partial charge in [-0.2, -0.15) is 0 Å². The molecular formula is C15H21NO2S. The number of nitrogens with one attached hydrogen (secondary N) is 1. The molecule has 0 spiro atoms. The second kappa shape index (κ2) is 7.60. The molecule has 2 rings (SSSR count). The number of benzene rings is 1. The molecule has 3 nitrogen and oxygen atoms in total. The largest absolute Gasteiger partial charge is 0.382 e. The highest BCUT2D eigenvalue weighted by atomic mass is 32.1. The summed E-state index contributed by atoms with van der Waals surface area (Å²) in [7, 11) is 1.69. The molecule has 0 bridgehead atoms. The van der Waals surface area contributed by atoms with Crippen LogP contribution in [0.3, 0.4) is 0 Å². The van der Waals surface area contributed by atoms with Crippen LogP contribution in [0.1, 0.15) is 17.4 Å². The van der Waals surface area contributed by atoms with E-state index >= 15 is 0 Å². The molecule has 0 aliphatic rings. The summed E-state index contributed by atoms with van der Waals surface area (Å²) in [6.07, 6.45) is 0. The fourth-order valence-electron chi connectivity index (χ4n) is 2.01. The zero-order valence-electron chi connectivity index (χ0n) is 11.6. The van der Waals surface area contributed by atoms with Crippen LogP contribution >= 0.6 is 11.3 Å². The summed E-state index contributed by atoms with van der Waals surface area (Å²) in [5.74, 6) is 0. The van der Waals surface area contributed by atoms with E-state index in [1.54, 1.807) is 7.11 Å². The minimum absolute atomic E-state index is 0.640. The molecule has 0 atom stereocenters. The lowest BCUT2D eigenvalue weighted by molar-refractivity contribution is 0.0620. The first-order valence-electron chi connectivity index (χ1n) is 6.63. The van der Waals surface area contributed by atoms with Crippen LogP contribution in [0.4, 0.5) is 0 Å². The lowest BCUT2D eigenvalue weighted by Gasteiger charge is -2.06. The van der Waals surface area contributed by atoms with Crippen molar-refractivity contribution >= 4 is 21.4 Å². The predicted molar refractivity (Wildman–Crippen MR) is 80.7 cm³/mol. The van der Waals surface area contributed by atoms with Gasteiger partial charge in [-0.25, -0.2) is 0 Å². The van der Waals surface area contributed by atoms with Crippen LogP contribution in [0.5, 0.6) is 0 Å². The quantitative estimate of drug-likeness (QED) is 0.753. The second-order valence-corrected chi connectivity index (χ2v) is 5.46. The van der Waals surface area contributed by atoms with Gasteiger partial charge < -0.3 is 14.8 Å². The Morgan fingerprint density at radius 2 is 2.05 bits per heavy atom.